The normalized spacial score (nSPS) is 22.3. The predicted molar refractivity (Wildman–Crippen MR) is 89.1 cm³/mol. The van der Waals surface area contributed by atoms with E-state index in [4.69, 9.17) is 9.47 Å². The predicted octanol–water partition coefficient (Wildman–Crippen LogP) is 2.02. The van der Waals surface area contributed by atoms with Crippen molar-refractivity contribution in [3.05, 3.63) is 23.8 Å². The van der Waals surface area contributed by atoms with Crippen LogP contribution in [0.2, 0.25) is 0 Å². The second-order valence-electron chi connectivity index (χ2n) is 6.72. The van der Waals surface area contributed by atoms with Crippen molar-refractivity contribution in [3.63, 3.8) is 0 Å². The first kappa shape index (κ1) is 16.1. The number of fused-ring (bicyclic) bond motifs is 1. The molecule has 1 aliphatic carbocycles. The molecule has 1 saturated carbocycles. The molecule has 1 aliphatic heterocycles. The van der Waals surface area contributed by atoms with Crippen LogP contribution in [-0.4, -0.2) is 50.2 Å². The van der Waals surface area contributed by atoms with Gasteiger partial charge >= 0.3 is 0 Å². The first-order valence-corrected chi connectivity index (χ1v) is 8.43. The molecule has 0 aromatic heterocycles. The minimum atomic E-state index is 0.0990. The van der Waals surface area contributed by atoms with Crippen molar-refractivity contribution < 1.29 is 14.3 Å². The third kappa shape index (κ3) is 3.78. The summed E-state index contributed by atoms with van der Waals surface area (Å²) in [6, 6.07) is 6.53. The first-order valence-electron chi connectivity index (χ1n) is 8.43. The van der Waals surface area contributed by atoms with E-state index in [2.05, 4.69) is 37.2 Å². The maximum absolute atomic E-state index is 12.2. The Labute approximate surface area is 137 Å². The van der Waals surface area contributed by atoms with Crippen LogP contribution in [0.1, 0.15) is 31.7 Å². The van der Waals surface area contributed by atoms with Gasteiger partial charge in [0.2, 0.25) is 5.91 Å². The highest BCUT2D eigenvalue weighted by Gasteiger charge is 2.44. The lowest BCUT2D eigenvalue weighted by molar-refractivity contribution is -0.122. The maximum atomic E-state index is 12.2. The molecule has 5 nitrogen and oxygen atoms in total. The topological polar surface area (TPSA) is 50.8 Å². The number of hydrogen-bond donors (Lipinski definition) is 1. The monoisotopic (exact) mass is 318 g/mol. The number of hydrogen-bond acceptors (Lipinski definition) is 4. The number of nitrogens with zero attached hydrogens (tertiary/aromatic N) is 1. The van der Waals surface area contributed by atoms with Gasteiger partial charge in [0.1, 0.15) is 13.2 Å². The van der Waals surface area contributed by atoms with Crippen molar-refractivity contribution >= 4 is 5.91 Å². The summed E-state index contributed by atoms with van der Waals surface area (Å²) in [6.45, 7) is 7.09. The van der Waals surface area contributed by atoms with E-state index in [9.17, 15) is 4.79 Å². The fraction of sp³-hybridized carbons (Fsp3) is 0.611. The molecule has 126 valence electrons. The summed E-state index contributed by atoms with van der Waals surface area (Å²) in [4.78, 5) is 14.5. The zero-order valence-electron chi connectivity index (χ0n) is 14.2. The van der Waals surface area contributed by atoms with Crippen LogP contribution in [0.25, 0.3) is 0 Å². The Bertz CT molecular complexity index is 573. The van der Waals surface area contributed by atoms with Crippen LogP contribution >= 0.6 is 0 Å². The van der Waals surface area contributed by atoms with Crippen molar-refractivity contribution in [2.75, 3.05) is 33.4 Å². The average Bonchev–Trinajstić information content (AvgIpc) is 3.34. The highest BCUT2D eigenvalue weighted by atomic mass is 16.6. The molecule has 3 rings (SSSR count). The standard InChI is InChI=1S/C18H26N2O3/c1-12(2)20(3)7-6-19-18(21)15-11-14(15)13-4-5-16-17(10-13)23-9-8-22-16/h4-5,10,12,14-15H,6-9,11H2,1-3H3,(H,19,21)/t14-,15+/m0/s1. The van der Waals surface area contributed by atoms with Crippen LogP contribution in [0.3, 0.4) is 0 Å². The molecule has 1 amide bonds. The first-order chi connectivity index (χ1) is 11.1. The van der Waals surface area contributed by atoms with Crippen molar-refractivity contribution in [2.45, 2.75) is 32.2 Å². The smallest absolute Gasteiger partial charge is 0.223 e. The number of ether oxygens (including phenoxy) is 2. The number of carbonyl (C=O) groups is 1. The van der Waals surface area contributed by atoms with Gasteiger partial charge in [0.05, 0.1) is 0 Å². The minimum absolute atomic E-state index is 0.0990. The van der Waals surface area contributed by atoms with Gasteiger partial charge in [-0.25, -0.2) is 0 Å². The summed E-state index contributed by atoms with van der Waals surface area (Å²) in [5, 5.41) is 3.06. The third-order valence-corrected chi connectivity index (χ3v) is 4.77. The largest absolute Gasteiger partial charge is 0.486 e. The summed E-state index contributed by atoms with van der Waals surface area (Å²) < 4.78 is 11.2. The van der Waals surface area contributed by atoms with E-state index in [1.165, 1.54) is 5.56 Å². The summed E-state index contributed by atoms with van der Waals surface area (Å²) in [5.41, 5.74) is 1.17. The molecule has 0 spiro atoms. The lowest BCUT2D eigenvalue weighted by Gasteiger charge is -2.21. The molecule has 2 aliphatic rings. The lowest BCUT2D eigenvalue weighted by Crippen LogP contribution is -2.36. The molecule has 1 heterocycles. The molecule has 0 radical (unpaired) electrons. The van der Waals surface area contributed by atoms with Crippen molar-refractivity contribution in [1.82, 2.24) is 10.2 Å². The lowest BCUT2D eigenvalue weighted by atomic mass is 10.1. The summed E-state index contributed by atoms with van der Waals surface area (Å²) >= 11 is 0. The number of rotatable bonds is 6. The minimum Gasteiger partial charge on any atom is -0.486 e. The van der Waals surface area contributed by atoms with E-state index >= 15 is 0 Å². The Balaban J connectivity index is 1.50. The third-order valence-electron chi connectivity index (χ3n) is 4.77. The van der Waals surface area contributed by atoms with Crippen LogP contribution in [-0.2, 0) is 4.79 Å². The molecule has 2 atom stereocenters. The molecule has 0 saturated heterocycles. The van der Waals surface area contributed by atoms with E-state index < -0.39 is 0 Å². The molecule has 1 fully saturated rings. The van der Waals surface area contributed by atoms with Crippen LogP contribution in [0.5, 0.6) is 11.5 Å². The molecule has 1 N–H and O–H groups in total. The fourth-order valence-electron chi connectivity index (χ4n) is 2.89. The van der Waals surface area contributed by atoms with E-state index in [0.717, 1.165) is 24.5 Å². The van der Waals surface area contributed by atoms with Gasteiger partial charge in [-0.15, -0.1) is 0 Å². The summed E-state index contributed by atoms with van der Waals surface area (Å²) in [5.74, 6) is 2.19. The van der Waals surface area contributed by atoms with Crippen LogP contribution in [0.15, 0.2) is 18.2 Å². The van der Waals surface area contributed by atoms with Crippen LogP contribution < -0.4 is 14.8 Å². The molecular weight excluding hydrogens is 292 g/mol. The number of likely N-dealkylation sites (N-methyl/N-ethyl adjacent to an activating group) is 1. The van der Waals surface area contributed by atoms with E-state index in [1.807, 2.05) is 12.1 Å². The number of nitrogens with one attached hydrogen (secondary N) is 1. The molecule has 5 heteroatoms. The maximum Gasteiger partial charge on any atom is 0.223 e. The van der Waals surface area contributed by atoms with Gasteiger partial charge in [0.15, 0.2) is 11.5 Å². The van der Waals surface area contributed by atoms with Gasteiger partial charge < -0.3 is 19.7 Å². The average molecular weight is 318 g/mol. The number of amides is 1. The zero-order valence-corrected chi connectivity index (χ0v) is 14.2. The van der Waals surface area contributed by atoms with Gasteiger partial charge in [0, 0.05) is 25.0 Å². The molecule has 23 heavy (non-hydrogen) atoms. The molecule has 1 aromatic carbocycles. The van der Waals surface area contributed by atoms with Gasteiger partial charge in [-0.1, -0.05) is 6.07 Å². The Hall–Kier alpha value is -1.75. The van der Waals surface area contributed by atoms with Crippen LogP contribution in [0.4, 0.5) is 0 Å². The fourth-order valence-corrected chi connectivity index (χ4v) is 2.89. The Kier molecular flexibility index (Phi) is 4.76. The Morgan fingerprint density at radius 2 is 2.04 bits per heavy atom. The quantitative estimate of drug-likeness (QED) is 0.872. The second kappa shape index (κ2) is 6.79. The Morgan fingerprint density at radius 3 is 2.78 bits per heavy atom. The highest BCUT2D eigenvalue weighted by Crippen LogP contribution is 2.49. The molecular formula is C18H26N2O3. The van der Waals surface area contributed by atoms with Crippen molar-refractivity contribution in [3.8, 4) is 11.5 Å². The van der Waals surface area contributed by atoms with E-state index in [0.29, 0.717) is 31.7 Å². The van der Waals surface area contributed by atoms with Crippen molar-refractivity contribution in [2.24, 2.45) is 5.92 Å². The van der Waals surface area contributed by atoms with Gasteiger partial charge in [-0.3, -0.25) is 4.79 Å². The van der Waals surface area contributed by atoms with E-state index in [1.54, 1.807) is 0 Å². The Morgan fingerprint density at radius 1 is 1.30 bits per heavy atom. The molecule has 0 bridgehead atoms. The zero-order chi connectivity index (χ0) is 16.4. The van der Waals surface area contributed by atoms with Crippen molar-refractivity contribution in [1.29, 1.82) is 0 Å². The van der Waals surface area contributed by atoms with Gasteiger partial charge in [-0.05, 0) is 50.9 Å². The van der Waals surface area contributed by atoms with Gasteiger partial charge in [-0.2, -0.15) is 0 Å². The highest BCUT2D eigenvalue weighted by molar-refractivity contribution is 5.83. The number of benzene rings is 1. The molecule has 1 aromatic rings. The van der Waals surface area contributed by atoms with E-state index in [-0.39, 0.29) is 11.8 Å². The number of carbonyl (C=O) groups excluding carboxylic acids is 1. The molecule has 0 unspecified atom stereocenters. The summed E-state index contributed by atoms with van der Waals surface area (Å²) in [7, 11) is 2.08. The van der Waals surface area contributed by atoms with Crippen LogP contribution in [0, 0.1) is 5.92 Å². The SMILES string of the molecule is CC(C)N(C)CCNC(=O)[C@@H]1C[C@H]1c1ccc2c(c1)OCCO2. The van der Waals surface area contributed by atoms with Gasteiger partial charge in [0.25, 0.3) is 0 Å². The second-order valence-corrected chi connectivity index (χ2v) is 6.72. The summed E-state index contributed by atoms with van der Waals surface area (Å²) in [6.07, 6.45) is 0.922.